The lowest BCUT2D eigenvalue weighted by Gasteiger charge is -2.07. The van der Waals surface area contributed by atoms with Gasteiger partial charge in [-0.1, -0.05) is 0 Å². The first kappa shape index (κ1) is 18.1. The summed E-state index contributed by atoms with van der Waals surface area (Å²) in [5.74, 6) is 0.520. The summed E-state index contributed by atoms with van der Waals surface area (Å²) in [7, 11) is 0. The summed E-state index contributed by atoms with van der Waals surface area (Å²) in [5, 5.41) is 0. The lowest BCUT2D eigenvalue weighted by Crippen LogP contribution is -2.13. The lowest BCUT2D eigenvalue weighted by molar-refractivity contribution is -0.00923. The van der Waals surface area contributed by atoms with Gasteiger partial charge in [-0.15, -0.1) is 11.6 Å². The molecule has 0 aliphatic rings. The van der Waals surface area contributed by atoms with Gasteiger partial charge in [0.05, 0.1) is 59.5 Å². The second-order valence-corrected chi connectivity index (χ2v) is 3.71. The fourth-order valence-corrected chi connectivity index (χ4v) is 1.19. The number of alkyl halides is 1. The van der Waals surface area contributed by atoms with Crippen molar-refractivity contribution in [3.8, 4) is 0 Å². The van der Waals surface area contributed by atoms with Crippen LogP contribution in [0.1, 0.15) is 6.92 Å². The zero-order valence-corrected chi connectivity index (χ0v) is 12.0. The van der Waals surface area contributed by atoms with Crippen LogP contribution in [0.5, 0.6) is 0 Å². The molecule has 5 nitrogen and oxygen atoms in total. The highest BCUT2D eigenvalue weighted by Gasteiger charge is 1.92. The molecule has 0 aromatic carbocycles. The first-order valence-electron chi connectivity index (χ1n) is 6.36. The summed E-state index contributed by atoms with van der Waals surface area (Å²) in [4.78, 5) is 0. The van der Waals surface area contributed by atoms with Crippen LogP contribution < -0.4 is 0 Å². The van der Waals surface area contributed by atoms with Crippen LogP contribution in [0.15, 0.2) is 0 Å². The predicted molar refractivity (Wildman–Crippen MR) is 70.5 cm³/mol. The Kier molecular flexibility index (Phi) is 17.2. The fraction of sp³-hybridized carbons (Fsp3) is 1.00. The third-order valence-corrected chi connectivity index (χ3v) is 2.07. The van der Waals surface area contributed by atoms with Crippen molar-refractivity contribution in [2.45, 2.75) is 6.92 Å². The molecule has 0 atom stereocenters. The summed E-state index contributed by atoms with van der Waals surface area (Å²) in [6, 6.07) is 0. The van der Waals surface area contributed by atoms with Crippen molar-refractivity contribution in [2.24, 2.45) is 0 Å². The molecule has 0 aromatic heterocycles. The Balaban J connectivity index is 2.86. The Bertz CT molecular complexity index is 132. The molecule has 0 aromatic rings. The second kappa shape index (κ2) is 17.1. The van der Waals surface area contributed by atoms with Crippen molar-refractivity contribution in [2.75, 3.05) is 71.9 Å². The van der Waals surface area contributed by atoms with Crippen LogP contribution in [-0.2, 0) is 23.7 Å². The Hall–Kier alpha value is 0.0900. The van der Waals surface area contributed by atoms with Crippen molar-refractivity contribution in [3.63, 3.8) is 0 Å². The molecule has 0 spiro atoms. The second-order valence-electron chi connectivity index (χ2n) is 3.34. The maximum Gasteiger partial charge on any atom is 0.0701 e. The van der Waals surface area contributed by atoms with Crippen LogP contribution in [0.25, 0.3) is 0 Å². The van der Waals surface area contributed by atoms with Gasteiger partial charge in [-0.05, 0) is 6.92 Å². The first-order valence-corrected chi connectivity index (χ1v) is 6.90. The number of hydrogen-bond acceptors (Lipinski definition) is 5. The standard InChI is InChI=1S/C12H25ClO5/c1-2-14-5-6-16-9-10-18-12-11-17-8-7-15-4-3-13/h2-12H2,1H3. The van der Waals surface area contributed by atoms with Crippen molar-refractivity contribution in [1.82, 2.24) is 0 Å². The van der Waals surface area contributed by atoms with Gasteiger partial charge in [0.25, 0.3) is 0 Å². The fourth-order valence-electron chi connectivity index (χ4n) is 1.08. The third kappa shape index (κ3) is 16.1. The van der Waals surface area contributed by atoms with E-state index in [0.717, 1.165) is 6.61 Å². The number of rotatable bonds is 15. The zero-order valence-electron chi connectivity index (χ0n) is 11.2. The molecule has 18 heavy (non-hydrogen) atoms. The summed E-state index contributed by atoms with van der Waals surface area (Å²) in [5.41, 5.74) is 0. The topological polar surface area (TPSA) is 46.2 Å². The van der Waals surface area contributed by atoms with Gasteiger partial charge in [0, 0.05) is 12.5 Å². The molecule has 0 heterocycles. The van der Waals surface area contributed by atoms with E-state index in [4.69, 9.17) is 35.3 Å². The van der Waals surface area contributed by atoms with Crippen LogP contribution in [0.2, 0.25) is 0 Å². The maximum absolute atomic E-state index is 5.45. The summed E-state index contributed by atoms with van der Waals surface area (Å²) < 4.78 is 26.2. The van der Waals surface area contributed by atoms with Crippen molar-refractivity contribution in [1.29, 1.82) is 0 Å². The molecule has 0 fully saturated rings. The van der Waals surface area contributed by atoms with Gasteiger partial charge < -0.3 is 23.7 Å². The molecular formula is C12H25ClO5. The van der Waals surface area contributed by atoms with Crippen molar-refractivity contribution >= 4 is 11.6 Å². The van der Waals surface area contributed by atoms with Gasteiger partial charge in [0.2, 0.25) is 0 Å². The molecule has 0 rings (SSSR count). The lowest BCUT2D eigenvalue weighted by atomic mass is 10.7. The van der Waals surface area contributed by atoms with E-state index in [1.165, 1.54) is 0 Å². The average molecular weight is 285 g/mol. The van der Waals surface area contributed by atoms with E-state index in [1.54, 1.807) is 0 Å². The highest BCUT2D eigenvalue weighted by atomic mass is 35.5. The minimum absolute atomic E-state index is 0.520. The largest absolute Gasteiger partial charge is 0.379 e. The quantitative estimate of drug-likeness (QED) is 0.335. The summed E-state index contributed by atoms with van der Waals surface area (Å²) in [6.45, 7) is 7.99. The first-order chi connectivity index (χ1) is 8.91. The molecule has 0 saturated heterocycles. The summed E-state index contributed by atoms with van der Waals surface area (Å²) in [6.07, 6.45) is 0. The SMILES string of the molecule is CCOCCOCCOCCOCCOCCCl. The number of ether oxygens (including phenoxy) is 5. The molecule has 0 radical (unpaired) electrons. The van der Waals surface area contributed by atoms with E-state index in [2.05, 4.69) is 0 Å². The van der Waals surface area contributed by atoms with E-state index in [9.17, 15) is 0 Å². The van der Waals surface area contributed by atoms with Gasteiger partial charge in [-0.25, -0.2) is 0 Å². The highest BCUT2D eigenvalue weighted by Crippen LogP contribution is 1.84. The van der Waals surface area contributed by atoms with E-state index in [-0.39, 0.29) is 0 Å². The normalized spacial score (nSPS) is 11.0. The zero-order chi connectivity index (χ0) is 13.3. The molecule has 110 valence electrons. The molecule has 0 aliphatic carbocycles. The van der Waals surface area contributed by atoms with Crippen LogP contribution >= 0.6 is 11.6 Å². The predicted octanol–water partition coefficient (Wildman–Crippen LogP) is 1.33. The van der Waals surface area contributed by atoms with Gasteiger partial charge in [-0.2, -0.15) is 0 Å². The molecule has 6 heteroatoms. The number of halogens is 1. The number of hydrogen-bond donors (Lipinski definition) is 0. The van der Waals surface area contributed by atoms with Crippen LogP contribution in [0.4, 0.5) is 0 Å². The molecule has 0 unspecified atom stereocenters. The van der Waals surface area contributed by atoms with Gasteiger partial charge in [0.15, 0.2) is 0 Å². The highest BCUT2D eigenvalue weighted by molar-refractivity contribution is 6.17. The smallest absolute Gasteiger partial charge is 0.0701 e. The van der Waals surface area contributed by atoms with Crippen LogP contribution in [-0.4, -0.2) is 71.9 Å². The maximum atomic E-state index is 5.45. The van der Waals surface area contributed by atoms with Gasteiger partial charge in [0.1, 0.15) is 0 Å². The van der Waals surface area contributed by atoms with E-state index < -0.39 is 0 Å². The van der Waals surface area contributed by atoms with E-state index in [0.29, 0.717) is 65.3 Å². The molecular weight excluding hydrogens is 260 g/mol. The van der Waals surface area contributed by atoms with Gasteiger partial charge >= 0.3 is 0 Å². The molecule has 0 N–H and O–H groups in total. The summed E-state index contributed by atoms with van der Waals surface area (Å²) >= 11 is 5.45. The third-order valence-electron chi connectivity index (χ3n) is 1.91. The molecule has 0 saturated carbocycles. The minimum Gasteiger partial charge on any atom is -0.379 e. The Morgan fingerprint density at radius 1 is 0.556 bits per heavy atom. The van der Waals surface area contributed by atoms with Crippen molar-refractivity contribution in [3.05, 3.63) is 0 Å². The Morgan fingerprint density at radius 3 is 1.22 bits per heavy atom. The molecule has 0 amide bonds. The average Bonchev–Trinajstić information content (AvgIpc) is 2.39. The van der Waals surface area contributed by atoms with Crippen molar-refractivity contribution < 1.29 is 23.7 Å². The molecule has 0 aliphatic heterocycles. The Morgan fingerprint density at radius 2 is 0.889 bits per heavy atom. The van der Waals surface area contributed by atoms with Crippen LogP contribution in [0, 0.1) is 0 Å². The van der Waals surface area contributed by atoms with E-state index in [1.807, 2.05) is 6.92 Å². The van der Waals surface area contributed by atoms with E-state index >= 15 is 0 Å². The Labute approximate surface area is 115 Å². The van der Waals surface area contributed by atoms with Gasteiger partial charge in [-0.3, -0.25) is 0 Å². The van der Waals surface area contributed by atoms with Crippen LogP contribution in [0.3, 0.4) is 0 Å². The molecule has 0 bridgehead atoms. The minimum atomic E-state index is 0.520. The monoisotopic (exact) mass is 284 g/mol.